The largest absolute Gasteiger partial charge is 0.444 e. The summed E-state index contributed by atoms with van der Waals surface area (Å²) in [4.78, 5) is 14.3. The van der Waals surface area contributed by atoms with Crippen molar-refractivity contribution in [1.82, 2.24) is 19.9 Å². The Balaban J connectivity index is 1.49. The molecule has 8 nitrogen and oxygen atoms in total. The lowest BCUT2D eigenvalue weighted by Gasteiger charge is -2.33. The monoisotopic (exact) mass is 456 g/mol. The summed E-state index contributed by atoms with van der Waals surface area (Å²) in [6, 6.07) is 12.9. The Kier molecular flexibility index (Phi) is 5.70. The highest BCUT2D eigenvalue weighted by Crippen LogP contribution is 2.29. The molecule has 170 valence electrons. The minimum absolute atomic E-state index is 0.165. The molecule has 0 atom stereocenters. The summed E-state index contributed by atoms with van der Waals surface area (Å²) in [6.07, 6.45) is 2.49. The molecule has 2 heterocycles. The molecule has 1 saturated heterocycles. The zero-order chi connectivity index (χ0) is 23.1. The van der Waals surface area contributed by atoms with Crippen molar-refractivity contribution < 1.29 is 17.9 Å². The first-order valence-electron chi connectivity index (χ1n) is 10.6. The van der Waals surface area contributed by atoms with Crippen LogP contribution in [0.2, 0.25) is 0 Å². The van der Waals surface area contributed by atoms with Crippen molar-refractivity contribution in [1.29, 1.82) is 0 Å². The van der Waals surface area contributed by atoms with E-state index in [9.17, 15) is 13.2 Å². The maximum absolute atomic E-state index is 12.3. The number of sulfone groups is 1. The molecule has 32 heavy (non-hydrogen) atoms. The van der Waals surface area contributed by atoms with Gasteiger partial charge < -0.3 is 9.64 Å². The van der Waals surface area contributed by atoms with Gasteiger partial charge in [0.15, 0.2) is 9.84 Å². The van der Waals surface area contributed by atoms with E-state index in [-0.39, 0.29) is 12.1 Å². The highest BCUT2D eigenvalue weighted by atomic mass is 32.2. The molecule has 1 aromatic heterocycles. The zero-order valence-corrected chi connectivity index (χ0v) is 19.6. The number of hydrogen-bond acceptors (Lipinski definition) is 6. The number of nitrogens with zero attached hydrogens (tertiary/aromatic N) is 4. The summed E-state index contributed by atoms with van der Waals surface area (Å²) in [5.41, 5.74) is 3.09. The smallest absolute Gasteiger partial charge is 0.410 e. The minimum atomic E-state index is -3.22. The fraction of sp³-hybridized carbons (Fsp3) is 0.435. The number of likely N-dealkylation sites (tertiary alicyclic amines) is 1. The quantitative estimate of drug-likeness (QED) is 0.590. The standard InChI is InChI=1S/C23H28N4O4S/c1-23(2,3)31-22(28)26-13-11-18(12-14-26)27-21-10-7-17(15-20(21)24-25-27)16-5-8-19(9-6-16)32(4,29)30/h5-10,15,18H,11-14H2,1-4H3. The van der Waals surface area contributed by atoms with Crippen LogP contribution < -0.4 is 0 Å². The molecule has 9 heteroatoms. The van der Waals surface area contributed by atoms with E-state index in [2.05, 4.69) is 10.3 Å². The normalized spacial score (nSPS) is 15.8. The molecule has 3 aromatic rings. The second-order valence-corrected chi connectivity index (χ2v) is 11.2. The van der Waals surface area contributed by atoms with Crippen LogP contribution in [0, 0.1) is 0 Å². The Morgan fingerprint density at radius 2 is 1.66 bits per heavy atom. The molecule has 0 saturated carbocycles. The van der Waals surface area contributed by atoms with Crippen molar-refractivity contribution in [2.45, 2.75) is 50.2 Å². The molecule has 0 aliphatic carbocycles. The lowest BCUT2D eigenvalue weighted by Crippen LogP contribution is -2.42. The second-order valence-electron chi connectivity index (χ2n) is 9.23. The SMILES string of the molecule is CC(C)(C)OC(=O)N1CCC(n2nnc3cc(-c4ccc(S(C)(=O)=O)cc4)ccc32)CC1. The maximum atomic E-state index is 12.3. The molecule has 4 rings (SSSR count). The van der Waals surface area contributed by atoms with E-state index in [0.29, 0.717) is 18.0 Å². The van der Waals surface area contributed by atoms with Crippen LogP contribution in [0.25, 0.3) is 22.2 Å². The molecule has 1 fully saturated rings. The molecule has 0 unspecified atom stereocenters. The summed E-state index contributed by atoms with van der Waals surface area (Å²) in [5.74, 6) is 0. The van der Waals surface area contributed by atoms with Crippen LogP contribution in [0.1, 0.15) is 39.7 Å². The number of fused-ring (bicyclic) bond motifs is 1. The third-order valence-corrected chi connectivity index (χ3v) is 6.68. The Labute approximate surface area is 188 Å². The van der Waals surface area contributed by atoms with E-state index in [1.54, 1.807) is 29.2 Å². The van der Waals surface area contributed by atoms with Gasteiger partial charge in [-0.3, -0.25) is 0 Å². The fourth-order valence-electron chi connectivity index (χ4n) is 3.91. The van der Waals surface area contributed by atoms with Gasteiger partial charge in [-0.15, -0.1) is 5.10 Å². The van der Waals surface area contributed by atoms with Gasteiger partial charge in [-0.2, -0.15) is 0 Å². The molecular weight excluding hydrogens is 428 g/mol. The Hall–Kier alpha value is -2.94. The van der Waals surface area contributed by atoms with Crippen molar-refractivity contribution in [3.05, 3.63) is 42.5 Å². The highest BCUT2D eigenvalue weighted by Gasteiger charge is 2.28. The van der Waals surface area contributed by atoms with Gasteiger partial charge in [0.05, 0.1) is 16.5 Å². The first kappa shape index (κ1) is 22.3. The summed E-state index contributed by atoms with van der Waals surface area (Å²) in [6.45, 7) is 6.84. The van der Waals surface area contributed by atoms with Crippen molar-refractivity contribution in [2.24, 2.45) is 0 Å². The first-order valence-corrected chi connectivity index (χ1v) is 12.5. The maximum Gasteiger partial charge on any atom is 0.410 e. The van der Waals surface area contributed by atoms with Crippen LogP contribution in [0.4, 0.5) is 4.79 Å². The molecular formula is C23H28N4O4S. The van der Waals surface area contributed by atoms with Crippen LogP contribution in [-0.2, 0) is 14.6 Å². The molecule has 1 aliphatic rings. The number of piperidine rings is 1. The molecule has 0 radical (unpaired) electrons. The fourth-order valence-corrected chi connectivity index (χ4v) is 4.54. The van der Waals surface area contributed by atoms with Crippen LogP contribution >= 0.6 is 0 Å². The molecule has 2 aromatic carbocycles. The number of ether oxygens (including phenoxy) is 1. The van der Waals surface area contributed by atoms with Crippen molar-refractivity contribution >= 4 is 27.0 Å². The van der Waals surface area contributed by atoms with Gasteiger partial charge in [0.25, 0.3) is 0 Å². The van der Waals surface area contributed by atoms with Crippen molar-refractivity contribution in [3.8, 4) is 11.1 Å². The number of rotatable bonds is 3. The minimum Gasteiger partial charge on any atom is -0.444 e. The topological polar surface area (TPSA) is 94.4 Å². The van der Waals surface area contributed by atoms with Gasteiger partial charge in [0.2, 0.25) is 0 Å². The van der Waals surface area contributed by atoms with Crippen molar-refractivity contribution in [2.75, 3.05) is 19.3 Å². The summed E-state index contributed by atoms with van der Waals surface area (Å²) >= 11 is 0. The van der Waals surface area contributed by atoms with Crippen LogP contribution in [0.5, 0.6) is 0 Å². The van der Waals surface area contributed by atoms with Gasteiger partial charge in [-0.05, 0) is 69.0 Å². The third-order valence-electron chi connectivity index (χ3n) is 5.55. The van der Waals surface area contributed by atoms with Gasteiger partial charge in [-0.25, -0.2) is 17.9 Å². The van der Waals surface area contributed by atoms with E-state index in [4.69, 9.17) is 4.74 Å². The van der Waals surface area contributed by atoms with Crippen LogP contribution in [-0.4, -0.2) is 59.4 Å². The number of hydrogen-bond donors (Lipinski definition) is 0. The molecule has 0 bridgehead atoms. The average Bonchev–Trinajstić information content (AvgIpc) is 3.15. The number of carbonyl (C=O) groups is 1. The van der Waals surface area contributed by atoms with Crippen LogP contribution in [0.3, 0.4) is 0 Å². The molecule has 1 aliphatic heterocycles. The summed E-state index contributed by atoms with van der Waals surface area (Å²) in [7, 11) is -3.22. The zero-order valence-electron chi connectivity index (χ0n) is 18.8. The van der Waals surface area contributed by atoms with Gasteiger partial charge in [0, 0.05) is 19.3 Å². The second kappa shape index (κ2) is 8.20. The third kappa shape index (κ3) is 4.77. The van der Waals surface area contributed by atoms with E-state index in [1.165, 1.54) is 6.26 Å². The Bertz CT molecular complexity index is 1240. The van der Waals surface area contributed by atoms with Crippen LogP contribution in [0.15, 0.2) is 47.4 Å². The van der Waals surface area contributed by atoms with Gasteiger partial charge in [0.1, 0.15) is 11.1 Å². The molecule has 1 amide bonds. The predicted molar refractivity (Wildman–Crippen MR) is 122 cm³/mol. The van der Waals surface area contributed by atoms with Gasteiger partial charge >= 0.3 is 6.09 Å². The molecule has 0 spiro atoms. The Morgan fingerprint density at radius 1 is 1.03 bits per heavy atom. The summed E-state index contributed by atoms with van der Waals surface area (Å²) < 4.78 is 30.8. The lowest BCUT2D eigenvalue weighted by molar-refractivity contribution is 0.0185. The van der Waals surface area contributed by atoms with E-state index in [1.807, 2.05) is 43.7 Å². The predicted octanol–water partition coefficient (Wildman–Crippen LogP) is 4.07. The number of benzene rings is 2. The van der Waals surface area contributed by atoms with E-state index >= 15 is 0 Å². The Morgan fingerprint density at radius 3 is 2.25 bits per heavy atom. The van der Waals surface area contributed by atoms with E-state index in [0.717, 1.165) is 35.0 Å². The molecule has 0 N–H and O–H groups in total. The summed E-state index contributed by atoms with van der Waals surface area (Å²) in [5, 5.41) is 8.73. The number of amides is 1. The average molecular weight is 457 g/mol. The highest BCUT2D eigenvalue weighted by molar-refractivity contribution is 7.90. The van der Waals surface area contributed by atoms with Gasteiger partial charge in [-0.1, -0.05) is 23.4 Å². The lowest BCUT2D eigenvalue weighted by atomic mass is 10.0. The van der Waals surface area contributed by atoms with Crippen molar-refractivity contribution in [3.63, 3.8) is 0 Å². The number of carbonyl (C=O) groups excluding carboxylic acids is 1. The van der Waals surface area contributed by atoms with E-state index < -0.39 is 15.4 Å². The number of aromatic nitrogens is 3. The first-order chi connectivity index (χ1) is 15.0.